The minimum Gasteiger partial charge on any atom is -0.345 e. The molecule has 0 radical (unpaired) electrons. The molecule has 0 saturated carbocycles. The number of rotatable bonds is 7. The van der Waals surface area contributed by atoms with Crippen LogP contribution in [0.4, 0.5) is 18.9 Å². The predicted octanol–water partition coefficient (Wildman–Crippen LogP) is 3.00. The largest absolute Gasteiger partial charge is 0.416 e. The van der Waals surface area contributed by atoms with Crippen molar-refractivity contribution in [3.05, 3.63) is 63.6 Å². The molecule has 0 unspecified atom stereocenters. The first kappa shape index (κ1) is 23.3. The highest BCUT2D eigenvalue weighted by Gasteiger charge is 2.30. The van der Waals surface area contributed by atoms with Gasteiger partial charge in [0.05, 0.1) is 34.9 Å². The molecule has 0 spiro atoms. The van der Waals surface area contributed by atoms with Crippen LogP contribution in [0.25, 0.3) is 0 Å². The second-order valence-corrected chi connectivity index (χ2v) is 6.68. The van der Waals surface area contributed by atoms with Crippen LogP contribution in [0.3, 0.4) is 0 Å². The number of nitrogens with one attached hydrogen (secondary N) is 4. The molecule has 2 aromatic rings. The fourth-order valence-electron chi connectivity index (χ4n) is 2.13. The van der Waals surface area contributed by atoms with E-state index in [0.29, 0.717) is 5.02 Å². The van der Waals surface area contributed by atoms with Gasteiger partial charge in [-0.15, -0.1) is 0 Å². The number of hydrogen-bond donors (Lipinski definition) is 4. The number of alkyl halides is 3. The summed E-state index contributed by atoms with van der Waals surface area (Å²) >= 11 is 11.6. The minimum absolute atomic E-state index is 0.0107. The molecule has 0 atom stereocenters. The first-order valence-electron chi connectivity index (χ1n) is 8.28. The van der Waals surface area contributed by atoms with E-state index in [1.165, 1.54) is 30.3 Å². The third kappa shape index (κ3) is 7.12. The van der Waals surface area contributed by atoms with E-state index >= 15 is 0 Å². The molecule has 30 heavy (non-hydrogen) atoms. The number of amides is 3. The predicted molar refractivity (Wildman–Crippen MR) is 105 cm³/mol. The maximum atomic E-state index is 12.6. The highest BCUT2D eigenvalue weighted by Crippen LogP contribution is 2.30. The van der Waals surface area contributed by atoms with E-state index in [-0.39, 0.29) is 16.3 Å². The van der Waals surface area contributed by atoms with Gasteiger partial charge >= 0.3 is 6.18 Å². The lowest BCUT2D eigenvalue weighted by Gasteiger charge is -2.12. The van der Waals surface area contributed by atoms with E-state index in [1.807, 2.05) is 0 Å². The highest BCUT2D eigenvalue weighted by molar-refractivity contribution is 6.36. The number of carbonyl (C=O) groups excluding carboxylic acids is 3. The minimum atomic E-state index is -4.52. The summed E-state index contributed by atoms with van der Waals surface area (Å²) in [5.41, 5.74) is 3.72. The summed E-state index contributed by atoms with van der Waals surface area (Å²) in [6.07, 6.45) is -4.52. The normalized spacial score (nSPS) is 10.8. The Morgan fingerprint density at radius 3 is 2.27 bits per heavy atom. The SMILES string of the molecule is O=C(CNC(=O)c1ccc(Cl)cc1Cl)NCC(=O)NNc1cccc(C(F)(F)F)c1. The third-order valence-corrected chi connectivity index (χ3v) is 4.12. The molecule has 0 saturated heterocycles. The fourth-order valence-corrected chi connectivity index (χ4v) is 2.62. The van der Waals surface area contributed by atoms with Crippen LogP contribution in [-0.2, 0) is 15.8 Å². The maximum Gasteiger partial charge on any atom is 0.416 e. The fraction of sp³-hybridized carbons (Fsp3) is 0.167. The monoisotopic (exact) mass is 462 g/mol. The molecule has 0 fully saturated rings. The summed E-state index contributed by atoms with van der Waals surface area (Å²) in [5.74, 6) is -1.99. The van der Waals surface area contributed by atoms with Crippen LogP contribution in [0.2, 0.25) is 10.0 Å². The zero-order valence-corrected chi connectivity index (χ0v) is 16.6. The number of hydrazine groups is 1. The first-order valence-corrected chi connectivity index (χ1v) is 9.04. The van der Waals surface area contributed by atoms with Gasteiger partial charge in [0.2, 0.25) is 5.91 Å². The number of benzene rings is 2. The van der Waals surface area contributed by atoms with Gasteiger partial charge in [-0.1, -0.05) is 29.3 Å². The van der Waals surface area contributed by atoms with Crippen LogP contribution in [0.1, 0.15) is 15.9 Å². The lowest BCUT2D eigenvalue weighted by molar-refractivity contribution is -0.137. The van der Waals surface area contributed by atoms with Crippen molar-refractivity contribution in [3.8, 4) is 0 Å². The second-order valence-electron chi connectivity index (χ2n) is 5.84. The topological polar surface area (TPSA) is 99.3 Å². The molecular formula is C18H15Cl2F3N4O3. The molecule has 0 bridgehead atoms. The van der Waals surface area contributed by atoms with Crippen molar-refractivity contribution >= 4 is 46.6 Å². The molecule has 0 aliphatic rings. The first-order chi connectivity index (χ1) is 14.1. The molecule has 0 aliphatic carbocycles. The van der Waals surface area contributed by atoms with Gasteiger partial charge in [0.1, 0.15) is 0 Å². The van der Waals surface area contributed by atoms with Gasteiger partial charge in [-0.3, -0.25) is 25.2 Å². The molecule has 3 amide bonds. The Hall–Kier alpha value is -2.98. The number of carbonyl (C=O) groups is 3. The van der Waals surface area contributed by atoms with Crippen molar-refractivity contribution in [2.24, 2.45) is 0 Å². The van der Waals surface area contributed by atoms with Gasteiger partial charge in [-0.05, 0) is 36.4 Å². The van der Waals surface area contributed by atoms with Gasteiger partial charge in [0.25, 0.3) is 11.8 Å². The summed E-state index contributed by atoms with van der Waals surface area (Å²) < 4.78 is 37.9. The van der Waals surface area contributed by atoms with Crippen LogP contribution in [0.15, 0.2) is 42.5 Å². The Labute approximate surface area is 178 Å². The Kier molecular flexibility index (Phi) is 7.90. The third-order valence-electron chi connectivity index (χ3n) is 3.57. The Morgan fingerprint density at radius 1 is 0.900 bits per heavy atom. The zero-order chi connectivity index (χ0) is 22.3. The Balaban J connectivity index is 1.74. The molecule has 2 rings (SSSR count). The molecule has 2 aromatic carbocycles. The Bertz CT molecular complexity index is 955. The molecule has 7 nitrogen and oxygen atoms in total. The lowest BCUT2D eigenvalue weighted by atomic mass is 10.2. The van der Waals surface area contributed by atoms with E-state index in [4.69, 9.17) is 23.2 Å². The summed E-state index contributed by atoms with van der Waals surface area (Å²) in [6, 6.07) is 8.43. The summed E-state index contributed by atoms with van der Waals surface area (Å²) in [6.45, 7) is -0.894. The van der Waals surface area contributed by atoms with Crippen LogP contribution < -0.4 is 21.5 Å². The van der Waals surface area contributed by atoms with Gasteiger partial charge < -0.3 is 10.6 Å². The van der Waals surface area contributed by atoms with Crippen molar-refractivity contribution in [2.45, 2.75) is 6.18 Å². The van der Waals surface area contributed by atoms with Crippen molar-refractivity contribution in [2.75, 3.05) is 18.5 Å². The standard InChI is InChI=1S/C18H15Cl2F3N4O3/c19-11-4-5-13(14(20)7-11)17(30)25-8-15(28)24-9-16(29)27-26-12-3-1-2-10(6-12)18(21,22)23/h1-7,26H,8-9H2,(H,24,28)(H,25,30)(H,27,29). The molecule has 12 heteroatoms. The molecule has 0 heterocycles. The quantitative estimate of drug-likeness (QED) is 0.475. The van der Waals surface area contributed by atoms with Gasteiger partial charge in [-0.25, -0.2) is 0 Å². The van der Waals surface area contributed by atoms with Crippen LogP contribution in [0, 0.1) is 0 Å². The van der Waals surface area contributed by atoms with E-state index < -0.39 is 42.6 Å². The summed E-state index contributed by atoms with van der Waals surface area (Å²) in [7, 11) is 0. The average Bonchev–Trinajstić information content (AvgIpc) is 2.68. The smallest absolute Gasteiger partial charge is 0.345 e. The van der Waals surface area contributed by atoms with Crippen molar-refractivity contribution < 1.29 is 27.6 Å². The molecular weight excluding hydrogens is 448 g/mol. The van der Waals surface area contributed by atoms with Gasteiger partial charge in [-0.2, -0.15) is 13.2 Å². The number of anilines is 1. The lowest BCUT2D eigenvalue weighted by Crippen LogP contribution is -2.43. The maximum absolute atomic E-state index is 12.6. The van der Waals surface area contributed by atoms with Crippen molar-refractivity contribution in [1.29, 1.82) is 0 Å². The van der Waals surface area contributed by atoms with Crippen molar-refractivity contribution in [3.63, 3.8) is 0 Å². The molecule has 160 valence electrons. The van der Waals surface area contributed by atoms with Crippen LogP contribution >= 0.6 is 23.2 Å². The number of hydrogen-bond acceptors (Lipinski definition) is 4. The molecule has 0 aliphatic heterocycles. The second kappa shape index (κ2) is 10.2. The average molecular weight is 463 g/mol. The zero-order valence-electron chi connectivity index (χ0n) is 15.1. The summed E-state index contributed by atoms with van der Waals surface area (Å²) in [5, 5.41) is 5.03. The van der Waals surface area contributed by atoms with E-state index in [9.17, 15) is 27.6 Å². The van der Waals surface area contributed by atoms with Crippen molar-refractivity contribution in [1.82, 2.24) is 16.1 Å². The van der Waals surface area contributed by atoms with E-state index in [2.05, 4.69) is 21.5 Å². The highest BCUT2D eigenvalue weighted by atomic mass is 35.5. The number of halogens is 5. The summed E-state index contributed by atoms with van der Waals surface area (Å²) in [4.78, 5) is 35.4. The molecule has 0 aromatic heterocycles. The van der Waals surface area contributed by atoms with Crippen LogP contribution in [-0.4, -0.2) is 30.8 Å². The van der Waals surface area contributed by atoms with Crippen LogP contribution in [0.5, 0.6) is 0 Å². The van der Waals surface area contributed by atoms with Gasteiger partial charge in [0, 0.05) is 5.02 Å². The van der Waals surface area contributed by atoms with E-state index in [0.717, 1.165) is 12.1 Å². The Morgan fingerprint density at radius 2 is 1.60 bits per heavy atom. The van der Waals surface area contributed by atoms with E-state index in [1.54, 1.807) is 0 Å². The van der Waals surface area contributed by atoms with Gasteiger partial charge in [0.15, 0.2) is 0 Å². The molecule has 4 N–H and O–H groups in total.